The Hall–Kier alpha value is -3.52. The van der Waals surface area contributed by atoms with Gasteiger partial charge in [0.15, 0.2) is 0 Å². The van der Waals surface area contributed by atoms with Crippen LogP contribution in [0.3, 0.4) is 0 Å². The van der Waals surface area contributed by atoms with Gasteiger partial charge in [-0.2, -0.15) is 0 Å². The Kier molecular flexibility index (Phi) is 6.08. The quantitative estimate of drug-likeness (QED) is 0.554. The molecule has 3 aromatic rings. The summed E-state index contributed by atoms with van der Waals surface area (Å²) in [4.78, 5) is 41.6. The molecule has 4 rings (SSSR count). The van der Waals surface area contributed by atoms with Crippen molar-refractivity contribution < 1.29 is 14.4 Å². The Morgan fingerprint density at radius 3 is 2.81 bits per heavy atom. The van der Waals surface area contributed by atoms with Crippen molar-refractivity contribution in [3.8, 4) is 10.6 Å². The first kappa shape index (κ1) is 20.7. The molecule has 158 valence electrons. The molecule has 0 fully saturated rings. The lowest BCUT2D eigenvalue weighted by Gasteiger charge is -2.14. The Morgan fingerprint density at radius 2 is 2.00 bits per heavy atom. The number of thiazole rings is 1. The highest BCUT2D eigenvalue weighted by Gasteiger charge is 2.27. The molecule has 0 aliphatic carbocycles. The van der Waals surface area contributed by atoms with E-state index in [1.165, 1.54) is 0 Å². The van der Waals surface area contributed by atoms with Gasteiger partial charge in [0, 0.05) is 29.6 Å². The molecule has 1 aromatic heterocycles. The Balaban J connectivity index is 1.31. The fourth-order valence-electron chi connectivity index (χ4n) is 3.38. The second kappa shape index (κ2) is 9.09. The Bertz CT molecular complexity index is 1140. The lowest BCUT2D eigenvalue weighted by molar-refractivity contribution is -0.122. The molecule has 7 nitrogen and oxygen atoms in total. The number of benzene rings is 2. The van der Waals surface area contributed by atoms with Gasteiger partial charge in [0.1, 0.15) is 11.0 Å². The molecular formula is C23H22N4O3S. The molecule has 2 heterocycles. The lowest BCUT2D eigenvalue weighted by atomic mass is 10.1. The van der Waals surface area contributed by atoms with Crippen LogP contribution in [0.5, 0.6) is 0 Å². The molecule has 0 radical (unpaired) electrons. The van der Waals surface area contributed by atoms with Crippen LogP contribution in [-0.4, -0.2) is 28.7 Å². The molecule has 31 heavy (non-hydrogen) atoms. The van der Waals surface area contributed by atoms with Crippen LogP contribution in [0.4, 0.5) is 5.69 Å². The molecule has 0 saturated heterocycles. The summed E-state index contributed by atoms with van der Waals surface area (Å²) < 4.78 is 0. The summed E-state index contributed by atoms with van der Waals surface area (Å²) in [5.41, 5.74) is 3.86. The third kappa shape index (κ3) is 4.97. The highest BCUT2D eigenvalue weighted by atomic mass is 32.1. The summed E-state index contributed by atoms with van der Waals surface area (Å²) in [7, 11) is 0. The maximum Gasteiger partial charge on any atom is 0.254 e. The van der Waals surface area contributed by atoms with Gasteiger partial charge in [0.25, 0.3) is 5.91 Å². The van der Waals surface area contributed by atoms with Crippen LogP contribution in [0.15, 0.2) is 53.9 Å². The molecule has 0 unspecified atom stereocenters. The summed E-state index contributed by atoms with van der Waals surface area (Å²) in [6, 6.07) is 14.0. The molecule has 8 heteroatoms. The highest BCUT2D eigenvalue weighted by molar-refractivity contribution is 7.13. The van der Waals surface area contributed by atoms with E-state index < -0.39 is 6.04 Å². The standard InChI is InChI=1S/C23H22N4O3S/c1-14-13-31-23(25-14)16-6-4-5-15(11-16)12-24-20(28)10-9-19-22(30)26-18-8-3-2-7-17(18)21(29)27-19/h2-8,11,13,19H,9-10,12H2,1H3,(H,24,28)(H,26,30)(H,27,29)/t19-/m0/s1. The van der Waals surface area contributed by atoms with E-state index in [-0.39, 0.29) is 30.6 Å². The fraction of sp³-hybridized carbons (Fsp3) is 0.217. The number of hydrogen-bond acceptors (Lipinski definition) is 5. The lowest BCUT2D eigenvalue weighted by Crippen LogP contribution is -2.42. The van der Waals surface area contributed by atoms with E-state index in [9.17, 15) is 14.4 Å². The van der Waals surface area contributed by atoms with Crippen LogP contribution in [-0.2, 0) is 16.1 Å². The minimum Gasteiger partial charge on any atom is -0.352 e. The van der Waals surface area contributed by atoms with Crippen molar-refractivity contribution in [1.82, 2.24) is 15.6 Å². The minimum atomic E-state index is -0.762. The van der Waals surface area contributed by atoms with Gasteiger partial charge in [-0.3, -0.25) is 14.4 Å². The first-order chi connectivity index (χ1) is 15.0. The predicted molar refractivity (Wildman–Crippen MR) is 120 cm³/mol. The smallest absolute Gasteiger partial charge is 0.254 e. The average molecular weight is 435 g/mol. The highest BCUT2D eigenvalue weighted by Crippen LogP contribution is 2.24. The molecule has 0 bridgehead atoms. The number of amides is 3. The van der Waals surface area contributed by atoms with Crippen molar-refractivity contribution in [2.75, 3.05) is 5.32 Å². The van der Waals surface area contributed by atoms with Gasteiger partial charge >= 0.3 is 0 Å². The maximum atomic E-state index is 12.4. The average Bonchev–Trinajstić information content (AvgIpc) is 3.17. The summed E-state index contributed by atoms with van der Waals surface area (Å²) in [5, 5.41) is 11.3. The van der Waals surface area contributed by atoms with Crippen molar-refractivity contribution in [1.29, 1.82) is 0 Å². The SMILES string of the molecule is Cc1csc(-c2cccc(CNC(=O)CC[C@@H]3NC(=O)c4ccccc4NC3=O)c2)n1. The number of aryl methyl sites for hydroxylation is 1. The van der Waals surface area contributed by atoms with Crippen LogP contribution < -0.4 is 16.0 Å². The molecule has 0 spiro atoms. The number of carbonyl (C=O) groups excluding carboxylic acids is 3. The first-order valence-corrected chi connectivity index (χ1v) is 10.9. The van der Waals surface area contributed by atoms with Crippen LogP contribution in [0.2, 0.25) is 0 Å². The topological polar surface area (TPSA) is 100 Å². The van der Waals surface area contributed by atoms with E-state index in [4.69, 9.17) is 0 Å². The second-order valence-corrected chi connectivity index (χ2v) is 8.23. The summed E-state index contributed by atoms with van der Waals surface area (Å²) in [6.07, 6.45) is 0.343. The zero-order valence-corrected chi connectivity index (χ0v) is 17.8. The van der Waals surface area contributed by atoms with Crippen molar-refractivity contribution in [3.63, 3.8) is 0 Å². The number of nitrogens with zero attached hydrogens (tertiary/aromatic N) is 1. The normalized spacial score (nSPS) is 15.5. The fourth-order valence-corrected chi connectivity index (χ4v) is 4.17. The number of hydrogen-bond donors (Lipinski definition) is 3. The van der Waals surface area contributed by atoms with Crippen molar-refractivity contribution in [2.24, 2.45) is 0 Å². The number of para-hydroxylation sites is 1. The maximum absolute atomic E-state index is 12.4. The number of nitrogens with one attached hydrogen (secondary N) is 3. The van der Waals surface area contributed by atoms with E-state index in [0.29, 0.717) is 17.8 Å². The van der Waals surface area contributed by atoms with Crippen molar-refractivity contribution in [3.05, 3.63) is 70.7 Å². The van der Waals surface area contributed by atoms with Crippen LogP contribution >= 0.6 is 11.3 Å². The second-order valence-electron chi connectivity index (χ2n) is 7.37. The molecule has 0 saturated carbocycles. The monoisotopic (exact) mass is 434 g/mol. The van der Waals surface area contributed by atoms with Crippen LogP contribution in [0, 0.1) is 6.92 Å². The van der Waals surface area contributed by atoms with Gasteiger partial charge in [0.05, 0.1) is 11.3 Å². The molecule has 1 aliphatic rings. The zero-order chi connectivity index (χ0) is 21.8. The van der Waals surface area contributed by atoms with Crippen molar-refractivity contribution >= 4 is 34.7 Å². The van der Waals surface area contributed by atoms with E-state index in [1.54, 1.807) is 35.6 Å². The van der Waals surface area contributed by atoms with E-state index in [2.05, 4.69) is 20.9 Å². The number of carbonyl (C=O) groups is 3. The van der Waals surface area contributed by atoms with E-state index in [0.717, 1.165) is 21.8 Å². The Labute approximate surface area is 183 Å². The van der Waals surface area contributed by atoms with Gasteiger partial charge < -0.3 is 16.0 Å². The number of aromatic nitrogens is 1. The summed E-state index contributed by atoms with van der Waals surface area (Å²) in [5.74, 6) is -0.828. The van der Waals surface area contributed by atoms with Gasteiger partial charge in [0.2, 0.25) is 11.8 Å². The molecular weight excluding hydrogens is 412 g/mol. The third-order valence-electron chi connectivity index (χ3n) is 4.99. The van der Waals surface area contributed by atoms with Gasteiger partial charge in [-0.05, 0) is 37.1 Å². The Morgan fingerprint density at radius 1 is 1.16 bits per heavy atom. The van der Waals surface area contributed by atoms with E-state index >= 15 is 0 Å². The molecule has 2 aromatic carbocycles. The third-order valence-corrected chi connectivity index (χ3v) is 6.00. The number of fused-ring (bicyclic) bond motifs is 1. The van der Waals surface area contributed by atoms with Crippen LogP contribution in [0.25, 0.3) is 10.6 Å². The van der Waals surface area contributed by atoms with Crippen LogP contribution in [0.1, 0.15) is 34.5 Å². The molecule has 3 amide bonds. The van der Waals surface area contributed by atoms with Gasteiger partial charge in [-0.1, -0.05) is 30.3 Å². The molecule has 1 aliphatic heterocycles. The first-order valence-electron chi connectivity index (χ1n) is 9.98. The van der Waals surface area contributed by atoms with E-state index in [1.807, 2.05) is 36.6 Å². The minimum absolute atomic E-state index is 0.125. The predicted octanol–water partition coefficient (Wildman–Crippen LogP) is 3.27. The zero-order valence-electron chi connectivity index (χ0n) is 17.0. The largest absolute Gasteiger partial charge is 0.352 e. The van der Waals surface area contributed by atoms with Crippen molar-refractivity contribution in [2.45, 2.75) is 32.4 Å². The number of anilines is 1. The number of rotatable bonds is 6. The van der Waals surface area contributed by atoms with Gasteiger partial charge in [-0.15, -0.1) is 11.3 Å². The summed E-state index contributed by atoms with van der Waals surface area (Å²) in [6.45, 7) is 2.34. The summed E-state index contributed by atoms with van der Waals surface area (Å²) >= 11 is 1.59. The molecule has 1 atom stereocenters. The van der Waals surface area contributed by atoms with Gasteiger partial charge in [-0.25, -0.2) is 4.98 Å². The molecule has 3 N–H and O–H groups in total.